The predicted octanol–water partition coefficient (Wildman–Crippen LogP) is 2.45. The van der Waals surface area contributed by atoms with Gasteiger partial charge in [0.2, 0.25) is 5.13 Å². The molecule has 3 N–H and O–H groups in total. The van der Waals surface area contributed by atoms with Gasteiger partial charge in [-0.2, -0.15) is 0 Å². The van der Waals surface area contributed by atoms with Crippen molar-refractivity contribution in [1.82, 2.24) is 20.5 Å². The van der Waals surface area contributed by atoms with Crippen LogP contribution in [-0.2, 0) is 9.53 Å². The van der Waals surface area contributed by atoms with Gasteiger partial charge in [-0.15, -0.1) is 10.2 Å². The molecule has 0 radical (unpaired) electrons. The number of hydrogen-bond donors (Lipinski definition) is 2. The molecule has 0 saturated carbocycles. The van der Waals surface area contributed by atoms with Crippen molar-refractivity contribution in [2.75, 3.05) is 25.2 Å². The molecule has 0 bridgehead atoms. The van der Waals surface area contributed by atoms with Crippen LogP contribution in [0.1, 0.15) is 13.3 Å². The van der Waals surface area contributed by atoms with Crippen LogP contribution >= 0.6 is 11.3 Å². The van der Waals surface area contributed by atoms with Crippen molar-refractivity contribution in [3.05, 3.63) is 36.1 Å². The third kappa shape index (κ3) is 6.96. The van der Waals surface area contributed by atoms with E-state index in [9.17, 15) is 4.79 Å². The van der Waals surface area contributed by atoms with Crippen molar-refractivity contribution in [2.24, 2.45) is 0 Å². The fourth-order valence-corrected chi connectivity index (χ4v) is 2.01. The molecule has 0 aliphatic heterocycles. The van der Waals surface area contributed by atoms with Crippen molar-refractivity contribution in [1.29, 1.82) is 0 Å². The van der Waals surface area contributed by atoms with Gasteiger partial charge in [0.1, 0.15) is 6.29 Å². The van der Waals surface area contributed by atoms with E-state index in [1.165, 1.54) is 11.3 Å². The molecule has 0 fully saturated rings. The molecular weight excluding hydrogens is 344 g/mol. The first-order valence-electron chi connectivity index (χ1n) is 7.11. The van der Waals surface area contributed by atoms with Gasteiger partial charge in [0.05, 0.1) is 12.9 Å². The maximum absolute atomic E-state index is 10.0. The number of anilines is 2. The van der Waals surface area contributed by atoms with Crippen molar-refractivity contribution >= 4 is 28.6 Å². The van der Waals surface area contributed by atoms with Crippen LogP contribution in [0.15, 0.2) is 40.8 Å². The second kappa shape index (κ2) is 10.7. The Hall–Kier alpha value is -3.01. The van der Waals surface area contributed by atoms with Gasteiger partial charge in [-0.3, -0.25) is 0 Å². The van der Waals surface area contributed by atoms with Crippen molar-refractivity contribution in [3.63, 3.8) is 0 Å². The maximum atomic E-state index is 10.0. The molecule has 25 heavy (non-hydrogen) atoms. The Morgan fingerprint density at radius 1 is 1.44 bits per heavy atom. The minimum absolute atomic E-state index is 0.221. The molecule has 0 unspecified atom stereocenters. The van der Waals surface area contributed by atoms with E-state index in [2.05, 4.69) is 37.0 Å². The van der Waals surface area contributed by atoms with E-state index in [0.717, 1.165) is 17.6 Å². The summed E-state index contributed by atoms with van der Waals surface area (Å²) in [7, 11) is 3.37. The van der Waals surface area contributed by atoms with E-state index in [0.29, 0.717) is 22.3 Å². The molecule has 2 aromatic heterocycles. The predicted molar refractivity (Wildman–Crippen MR) is 96.9 cm³/mol. The summed E-state index contributed by atoms with van der Waals surface area (Å²) in [5, 5.41) is 18.9. The van der Waals surface area contributed by atoms with E-state index < -0.39 is 0 Å². The lowest BCUT2D eigenvalue weighted by Gasteiger charge is -1.94. The second-order valence-electron chi connectivity index (χ2n) is 4.53. The Balaban J connectivity index is 0.000000252. The molecular formula is C15H20N6O3S. The first kappa shape index (κ1) is 20.0. The highest BCUT2D eigenvalue weighted by Crippen LogP contribution is 2.27. The largest absolute Gasteiger partial charge is 0.501 e. The lowest BCUT2D eigenvalue weighted by molar-refractivity contribution is -0.107. The lowest BCUT2D eigenvalue weighted by Crippen LogP contribution is -1.87. The zero-order valence-corrected chi connectivity index (χ0v) is 15.0. The molecule has 2 heterocycles. The van der Waals surface area contributed by atoms with Gasteiger partial charge in [-0.05, 0) is 28.9 Å². The highest BCUT2D eigenvalue weighted by molar-refractivity contribution is 7.18. The van der Waals surface area contributed by atoms with E-state index in [4.69, 9.17) is 10.5 Å². The van der Waals surface area contributed by atoms with Crippen LogP contribution in [0.25, 0.3) is 10.7 Å². The maximum Gasteiger partial charge on any atom is 0.205 e. The number of aromatic nitrogens is 4. The second-order valence-corrected chi connectivity index (χ2v) is 5.51. The number of methoxy groups -OCH3 is 1. The summed E-state index contributed by atoms with van der Waals surface area (Å²) in [5.74, 6) is 1.05. The Kier molecular flexibility index (Phi) is 8.58. The molecule has 0 atom stereocenters. The Labute approximate surface area is 149 Å². The molecule has 0 aliphatic rings. The first-order valence-corrected chi connectivity index (χ1v) is 7.93. The summed E-state index contributed by atoms with van der Waals surface area (Å²) >= 11 is 1.33. The minimum Gasteiger partial charge on any atom is -0.501 e. The van der Waals surface area contributed by atoms with Gasteiger partial charge in [0.25, 0.3) is 0 Å². The fraction of sp³-hybridized carbons (Fsp3) is 0.267. The molecule has 10 heteroatoms. The Morgan fingerprint density at radius 3 is 2.72 bits per heavy atom. The summed E-state index contributed by atoms with van der Waals surface area (Å²) in [6, 6.07) is 0. The van der Waals surface area contributed by atoms with Crippen LogP contribution in [0.5, 0.6) is 0 Å². The Bertz CT molecular complexity index is 750. The van der Waals surface area contributed by atoms with Gasteiger partial charge in [0, 0.05) is 13.5 Å². The van der Waals surface area contributed by atoms with E-state index in [-0.39, 0.29) is 5.82 Å². The summed E-state index contributed by atoms with van der Waals surface area (Å²) in [6.45, 7) is 5.53. The number of rotatable bonds is 7. The summed E-state index contributed by atoms with van der Waals surface area (Å²) < 4.78 is 9.34. The highest BCUT2D eigenvalue weighted by Gasteiger charge is 2.13. The third-order valence-electron chi connectivity index (χ3n) is 2.69. The van der Waals surface area contributed by atoms with Crippen LogP contribution in [0.4, 0.5) is 10.9 Å². The smallest absolute Gasteiger partial charge is 0.205 e. The quantitative estimate of drug-likeness (QED) is 0.432. The normalized spacial score (nSPS) is 10.9. The molecule has 0 amide bonds. The zero-order valence-electron chi connectivity index (χ0n) is 14.2. The van der Waals surface area contributed by atoms with E-state index >= 15 is 0 Å². The number of nitrogens with one attached hydrogen (secondary N) is 1. The van der Waals surface area contributed by atoms with Crippen LogP contribution in [-0.4, -0.2) is 41.0 Å². The van der Waals surface area contributed by atoms with E-state index in [1.807, 2.05) is 19.1 Å². The minimum atomic E-state index is 0.221. The first-order chi connectivity index (χ1) is 12.0. The van der Waals surface area contributed by atoms with Gasteiger partial charge >= 0.3 is 0 Å². The van der Waals surface area contributed by atoms with Gasteiger partial charge in [-0.25, -0.2) is 4.63 Å². The molecule has 9 nitrogen and oxygen atoms in total. The van der Waals surface area contributed by atoms with Gasteiger partial charge < -0.3 is 20.6 Å². The number of nitrogens with two attached hydrogens (primary N) is 1. The third-order valence-corrected chi connectivity index (χ3v) is 3.63. The van der Waals surface area contributed by atoms with Crippen LogP contribution in [0.2, 0.25) is 0 Å². The highest BCUT2D eigenvalue weighted by atomic mass is 32.1. The zero-order chi connectivity index (χ0) is 18.7. The van der Waals surface area contributed by atoms with Crippen molar-refractivity contribution in [2.45, 2.75) is 13.3 Å². The number of ether oxygens (including phenoxy) is 1. The average molecular weight is 364 g/mol. The molecule has 0 saturated heterocycles. The monoisotopic (exact) mass is 364 g/mol. The number of hydrogen-bond acceptors (Lipinski definition) is 10. The van der Waals surface area contributed by atoms with Crippen LogP contribution < -0.4 is 11.1 Å². The molecule has 134 valence electrons. The molecule has 2 rings (SSSR count). The number of nitrogen functional groups attached to an aromatic ring is 1. The number of carbonyl (C=O) groups excluding carboxylic acids is 1. The molecule has 0 aromatic carbocycles. The summed E-state index contributed by atoms with van der Waals surface area (Å²) in [4.78, 5) is 10.0. The van der Waals surface area contributed by atoms with Crippen LogP contribution in [0, 0.1) is 0 Å². The van der Waals surface area contributed by atoms with Crippen LogP contribution in [0.3, 0.4) is 0 Å². The molecule has 0 aliphatic carbocycles. The number of aldehydes is 1. The topological polar surface area (TPSA) is 129 Å². The van der Waals surface area contributed by atoms with Gasteiger partial charge in [-0.1, -0.05) is 30.1 Å². The number of carbonyl (C=O) groups is 1. The number of nitrogens with zero attached hydrogens (tertiary/aromatic N) is 4. The van der Waals surface area contributed by atoms with E-state index in [1.54, 1.807) is 20.2 Å². The Morgan fingerprint density at radius 2 is 2.20 bits per heavy atom. The molecule has 0 spiro atoms. The number of allylic oxidation sites excluding steroid dienone is 5. The molecule has 2 aromatic rings. The summed E-state index contributed by atoms with van der Waals surface area (Å²) in [6.07, 6.45) is 6.63. The van der Waals surface area contributed by atoms with Crippen molar-refractivity contribution in [3.8, 4) is 10.7 Å². The van der Waals surface area contributed by atoms with Crippen molar-refractivity contribution < 1.29 is 14.2 Å². The SMILES string of the molecule is C=C(/C=C\C=C(/C)OC)CC=O.CNc1nnc(-c2nonc2N)s1. The van der Waals surface area contributed by atoms with Gasteiger partial charge in [0.15, 0.2) is 16.5 Å². The average Bonchev–Trinajstić information content (AvgIpc) is 3.23. The lowest BCUT2D eigenvalue weighted by atomic mass is 10.2. The summed E-state index contributed by atoms with van der Waals surface area (Å²) in [5.41, 5.74) is 6.70. The fourth-order valence-electron chi connectivity index (χ4n) is 1.33. The standard InChI is InChI=1S/C10H14O2.C5H6N6OS/c1-9(7-8-11)5-4-6-10(2)12-3;1-7-5-9-8-4(13-5)2-3(6)11-12-10-2/h4-6,8H,1,7H2,2-3H3;1H3,(H2,6,11)(H,7,9)/b5-4-,10-6+;.